The first kappa shape index (κ1) is 18.0. The van der Waals surface area contributed by atoms with Gasteiger partial charge in [-0.3, -0.25) is 0 Å². The molecule has 0 aromatic carbocycles. The van der Waals surface area contributed by atoms with Crippen molar-refractivity contribution in [3.8, 4) is 0 Å². The van der Waals surface area contributed by atoms with Gasteiger partial charge in [0.15, 0.2) is 0 Å². The third kappa shape index (κ3) is 5.68. The van der Waals surface area contributed by atoms with Crippen molar-refractivity contribution in [1.29, 1.82) is 0 Å². The van der Waals surface area contributed by atoms with Gasteiger partial charge in [0, 0.05) is 37.9 Å². The molecule has 122 valence electrons. The molecule has 21 heavy (non-hydrogen) atoms. The molecular formula is C12H20F3N3O2S. The monoisotopic (exact) mass is 327 g/mol. The van der Waals surface area contributed by atoms with Gasteiger partial charge in [-0.05, 0) is 18.9 Å². The molecule has 0 saturated carbocycles. The number of aryl methyl sites for hydroxylation is 1. The maximum Gasteiger partial charge on any atom is 0.389 e. The van der Waals surface area contributed by atoms with Gasteiger partial charge in [-0.25, -0.2) is 13.1 Å². The van der Waals surface area contributed by atoms with Crippen LogP contribution in [-0.2, 0) is 23.1 Å². The van der Waals surface area contributed by atoms with Gasteiger partial charge in [0.25, 0.3) is 0 Å². The highest BCUT2D eigenvalue weighted by Gasteiger charge is 2.26. The number of aromatic nitrogens is 1. The first-order chi connectivity index (χ1) is 9.69. The molecule has 1 rings (SSSR count). The van der Waals surface area contributed by atoms with Crippen LogP contribution in [0.3, 0.4) is 0 Å². The molecule has 1 heterocycles. The fourth-order valence-corrected chi connectivity index (χ4v) is 3.01. The quantitative estimate of drug-likeness (QED) is 0.717. The largest absolute Gasteiger partial charge is 0.389 e. The van der Waals surface area contributed by atoms with Crippen LogP contribution in [0.1, 0.15) is 31.9 Å². The first-order valence-electron chi connectivity index (χ1n) is 6.65. The summed E-state index contributed by atoms with van der Waals surface area (Å²) >= 11 is 0. The van der Waals surface area contributed by atoms with Gasteiger partial charge in [-0.1, -0.05) is 6.92 Å². The molecule has 0 aliphatic heterocycles. The lowest BCUT2D eigenvalue weighted by atomic mass is 10.3. The van der Waals surface area contributed by atoms with Crippen LogP contribution in [0.5, 0.6) is 0 Å². The average molecular weight is 327 g/mol. The molecule has 0 bridgehead atoms. The Morgan fingerprint density at radius 3 is 2.57 bits per heavy atom. The van der Waals surface area contributed by atoms with Crippen LogP contribution in [0, 0.1) is 0 Å². The van der Waals surface area contributed by atoms with Crippen LogP contribution >= 0.6 is 0 Å². The van der Waals surface area contributed by atoms with E-state index in [-0.39, 0.29) is 24.4 Å². The van der Waals surface area contributed by atoms with Crippen LogP contribution in [0.4, 0.5) is 13.2 Å². The molecule has 3 N–H and O–H groups in total. The summed E-state index contributed by atoms with van der Waals surface area (Å²) in [6, 6.07) is 1.45. The Labute approximate surface area is 122 Å². The van der Waals surface area contributed by atoms with Crippen LogP contribution in [0.2, 0.25) is 0 Å². The van der Waals surface area contributed by atoms with Crippen molar-refractivity contribution >= 4 is 10.0 Å². The second kappa shape index (κ2) is 7.28. The third-order valence-electron chi connectivity index (χ3n) is 2.87. The minimum absolute atomic E-state index is 0.0309. The second-order valence-corrected chi connectivity index (χ2v) is 6.45. The molecule has 0 spiro atoms. The standard InChI is InChI=1S/C12H20F3N3O2S/c1-2-6-18-9-11(7-10(18)8-16)21(19,20)17-5-3-4-12(13,14)15/h7,9,17H,2-6,8,16H2,1H3. The van der Waals surface area contributed by atoms with Gasteiger partial charge in [0.2, 0.25) is 10.0 Å². The number of nitrogens with one attached hydrogen (secondary N) is 1. The molecule has 0 fully saturated rings. The number of hydrogen-bond donors (Lipinski definition) is 2. The molecule has 0 unspecified atom stereocenters. The number of halogens is 3. The summed E-state index contributed by atoms with van der Waals surface area (Å²) in [5, 5.41) is 0. The number of nitrogens with zero attached hydrogens (tertiary/aromatic N) is 1. The molecule has 0 atom stereocenters. The highest BCUT2D eigenvalue weighted by Crippen LogP contribution is 2.21. The van der Waals surface area contributed by atoms with E-state index >= 15 is 0 Å². The minimum Gasteiger partial charge on any atom is -0.349 e. The van der Waals surface area contributed by atoms with E-state index in [9.17, 15) is 21.6 Å². The lowest BCUT2D eigenvalue weighted by Crippen LogP contribution is -2.25. The van der Waals surface area contributed by atoms with Crippen molar-refractivity contribution in [2.24, 2.45) is 5.73 Å². The summed E-state index contributed by atoms with van der Waals surface area (Å²) in [6.07, 6.45) is -3.30. The zero-order chi connectivity index (χ0) is 16.1. The van der Waals surface area contributed by atoms with Crippen molar-refractivity contribution in [3.63, 3.8) is 0 Å². The molecule has 0 radical (unpaired) electrons. The minimum atomic E-state index is -4.28. The summed E-state index contributed by atoms with van der Waals surface area (Å²) in [5.74, 6) is 0. The zero-order valence-electron chi connectivity index (χ0n) is 11.8. The highest BCUT2D eigenvalue weighted by molar-refractivity contribution is 7.89. The van der Waals surface area contributed by atoms with Crippen LogP contribution in [0.25, 0.3) is 0 Å². The van der Waals surface area contributed by atoms with Gasteiger partial charge >= 0.3 is 6.18 Å². The SMILES string of the molecule is CCCn1cc(S(=O)(=O)NCCCC(F)(F)F)cc1CN. The predicted octanol–water partition coefficient (Wildman–Crippen LogP) is 1.98. The topological polar surface area (TPSA) is 77.1 Å². The zero-order valence-corrected chi connectivity index (χ0v) is 12.6. The Morgan fingerprint density at radius 2 is 2.05 bits per heavy atom. The fourth-order valence-electron chi connectivity index (χ4n) is 1.87. The van der Waals surface area contributed by atoms with Gasteiger partial charge in [-0.15, -0.1) is 0 Å². The van der Waals surface area contributed by atoms with E-state index in [2.05, 4.69) is 4.72 Å². The lowest BCUT2D eigenvalue weighted by Gasteiger charge is -2.07. The number of nitrogens with two attached hydrogens (primary N) is 1. The summed E-state index contributed by atoms with van der Waals surface area (Å²) in [6.45, 7) is 2.53. The summed E-state index contributed by atoms with van der Waals surface area (Å²) in [4.78, 5) is 0.0309. The number of hydrogen-bond acceptors (Lipinski definition) is 3. The van der Waals surface area contributed by atoms with E-state index in [1.54, 1.807) is 4.57 Å². The molecule has 5 nitrogen and oxygen atoms in total. The smallest absolute Gasteiger partial charge is 0.349 e. The summed E-state index contributed by atoms with van der Waals surface area (Å²) in [5.41, 5.74) is 6.22. The fraction of sp³-hybridized carbons (Fsp3) is 0.667. The maximum atomic E-state index is 12.0. The van der Waals surface area contributed by atoms with Crippen molar-refractivity contribution in [2.75, 3.05) is 6.54 Å². The van der Waals surface area contributed by atoms with Crippen molar-refractivity contribution in [3.05, 3.63) is 18.0 Å². The Kier molecular flexibility index (Phi) is 6.24. The number of alkyl halides is 3. The highest BCUT2D eigenvalue weighted by atomic mass is 32.2. The summed E-state index contributed by atoms with van der Waals surface area (Å²) < 4.78 is 63.9. The molecule has 0 aliphatic carbocycles. The van der Waals surface area contributed by atoms with E-state index in [4.69, 9.17) is 5.73 Å². The van der Waals surface area contributed by atoms with E-state index in [0.29, 0.717) is 12.2 Å². The molecule has 0 saturated heterocycles. The van der Waals surface area contributed by atoms with Crippen LogP contribution < -0.4 is 10.5 Å². The summed E-state index contributed by atoms with van der Waals surface area (Å²) in [7, 11) is -3.80. The molecule has 1 aromatic rings. The average Bonchev–Trinajstić information content (AvgIpc) is 2.78. The van der Waals surface area contributed by atoms with Crippen LogP contribution in [-0.4, -0.2) is 25.7 Å². The van der Waals surface area contributed by atoms with Crippen molar-refractivity contribution in [2.45, 2.75) is 50.3 Å². The molecule has 0 aliphatic rings. The van der Waals surface area contributed by atoms with E-state index in [1.165, 1.54) is 12.3 Å². The van der Waals surface area contributed by atoms with Gasteiger partial charge in [0.05, 0.1) is 4.90 Å². The number of sulfonamides is 1. The first-order valence-corrected chi connectivity index (χ1v) is 8.13. The van der Waals surface area contributed by atoms with E-state index in [0.717, 1.165) is 6.42 Å². The van der Waals surface area contributed by atoms with Gasteiger partial charge < -0.3 is 10.3 Å². The van der Waals surface area contributed by atoms with E-state index in [1.807, 2.05) is 6.92 Å². The normalized spacial score (nSPS) is 12.8. The molecule has 9 heteroatoms. The molecular weight excluding hydrogens is 307 g/mol. The van der Waals surface area contributed by atoms with Crippen molar-refractivity contribution in [1.82, 2.24) is 9.29 Å². The second-order valence-electron chi connectivity index (χ2n) is 4.68. The predicted molar refractivity (Wildman–Crippen MR) is 73.1 cm³/mol. The Bertz CT molecular complexity index is 553. The Balaban J connectivity index is 2.70. The van der Waals surface area contributed by atoms with Crippen molar-refractivity contribution < 1.29 is 21.6 Å². The van der Waals surface area contributed by atoms with E-state index < -0.39 is 22.6 Å². The van der Waals surface area contributed by atoms with Crippen LogP contribution in [0.15, 0.2) is 17.2 Å². The third-order valence-corrected chi connectivity index (χ3v) is 4.30. The Hall–Kier alpha value is -1.06. The molecule has 0 amide bonds. The number of rotatable bonds is 8. The Morgan fingerprint density at radius 1 is 1.38 bits per heavy atom. The molecule has 1 aromatic heterocycles. The van der Waals surface area contributed by atoms with Gasteiger partial charge in [-0.2, -0.15) is 13.2 Å². The maximum absolute atomic E-state index is 12.0. The lowest BCUT2D eigenvalue weighted by molar-refractivity contribution is -0.135. The van der Waals surface area contributed by atoms with Gasteiger partial charge in [0.1, 0.15) is 0 Å².